The van der Waals surface area contributed by atoms with Gasteiger partial charge in [0.25, 0.3) is 0 Å². The van der Waals surface area contributed by atoms with Crippen molar-refractivity contribution in [2.45, 2.75) is 33.3 Å². The van der Waals surface area contributed by atoms with Crippen LogP contribution in [-0.4, -0.2) is 9.97 Å². The zero-order valence-corrected chi connectivity index (χ0v) is 12.4. The lowest BCUT2D eigenvalue weighted by Gasteiger charge is -2.11. The number of aromatic nitrogens is 2. The minimum atomic E-state index is 0.406. The van der Waals surface area contributed by atoms with Crippen LogP contribution in [0.1, 0.15) is 30.3 Å². The molecule has 0 aliphatic carbocycles. The Bertz CT molecular complexity index is 602. The molecule has 0 saturated heterocycles. The Morgan fingerprint density at radius 1 is 1.30 bits per heavy atom. The molecular formula is C15H18ClN3O. The number of rotatable bonds is 5. The van der Waals surface area contributed by atoms with E-state index >= 15 is 0 Å². The van der Waals surface area contributed by atoms with Gasteiger partial charge in [0.1, 0.15) is 18.2 Å². The molecule has 4 nitrogen and oxygen atoms in total. The third-order valence-corrected chi connectivity index (χ3v) is 3.16. The molecule has 1 heterocycles. The third-order valence-electron chi connectivity index (χ3n) is 2.92. The van der Waals surface area contributed by atoms with Crippen molar-refractivity contribution in [3.05, 3.63) is 46.2 Å². The highest BCUT2D eigenvalue weighted by Crippen LogP contribution is 2.21. The van der Waals surface area contributed by atoms with Gasteiger partial charge in [0.2, 0.25) is 5.88 Å². The van der Waals surface area contributed by atoms with Gasteiger partial charge in [-0.05, 0) is 31.0 Å². The monoisotopic (exact) mass is 291 g/mol. The SMILES string of the molecule is CCCc1nc(N)c(C)c(OCc2cccc(Cl)c2)n1. The normalized spacial score (nSPS) is 10.6. The number of benzene rings is 1. The maximum atomic E-state index is 5.95. The lowest BCUT2D eigenvalue weighted by atomic mass is 10.2. The Hall–Kier alpha value is -1.81. The zero-order chi connectivity index (χ0) is 14.5. The van der Waals surface area contributed by atoms with Gasteiger partial charge in [0.15, 0.2) is 0 Å². The molecule has 0 fully saturated rings. The summed E-state index contributed by atoms with van der Waals surface area (Å²) in [5.41, 5.74) is 7.65. The van der Waals surface area contributed by atoms with E-state index in [1.54, 1.807) is 0 Å². The van der Waals surface area contributed by atoms with Gasteiger partial charge < -0.3 is 10.5 Å². The lowest BCUT2D eigenvalue weighted by Crippen LogP contribution is -2.07. The number of anilines is 1. The quantitative estimate of drug-likeness (QED) is 0.915. The highest BCUT2D eigenvalue weighted by atomic mass is 35.5. The van der Waals surface area contributed by atoms with Crippen molar-refractivity contribution in [3.63, 3.8) is 0 Å². The number of halogens is 1. The predicted molar refractivity (Wildman–Crippen MR) is 81.0 cm³/mol. The van der Waals surface area contributed by atoms with Crippen LogP contribution in [0, 0.1) is 6.92 Å². The fourth-order valence-corrected chi connectivity index (χ4v) is 2.03. The first-order valence-corrected chi connectivity index (χ1v) is 6.98. The van der Waals surface area contributed by atoms with E-state index in [0.717, 1.165) is 29.8 Å². The first-order chi connectivity index (χ1) is 9.60. The summed E-state index contributed by atoms with van der Waals surface area (Å²) in [6.07, 6.45) is 1.76. The molecule has 5 heteroatoms. The Kier molecular flexibility index (Phi) is 4.79. The molecule has 20 heavy (non-hydrogen) atoms. The molecule has 0 aliphatic heterocycles. The van der Waals surface area contributed by atoms with Crippen molar-refractivity contribution in [2.24, 2.45) is 0 Å². The predicted octanol–water partition coefficient (Wildman–Crippen LogP) is 3.55. The van der Waals surface area contributed by atoms with E-state index in [9.17, 15) is 0 Å². The number of hydrogen-bond acceptors (Lipinski definition) is 4. The lowest BCUT2D eigenvalue weighted by molar-refractivity contribution is 0.290. The van der Waals surface area contributed by atoms with Gasteiger partial charge in [-0.1, -0.05) is 30.7 Å². The fourth-order valence-electron chi connectivity index (χ4n) is 1.81. The average Bonchev–Trinajstić information content (AvgIpc) is 2.41. The van der Waals surface area contributed by atoms with E-state index in [0.29, 0.717) is 23.3 Å². The molecule has 1 aromatic heterocycles. The summed E-state index contributed by atoms with van der Waals surface area (Å²) in [6, 6.07) is 7.55. The van der Waals surface area contributed by atoms with Gasteiger partial charge in [-0.3, -0.25) is 0 Å². The van der Waals surface area contributed by atoms with Crippen molar-refractivity contribution in [1.82, 2.24) is 9.97 Å². The van der Waals surface area contributed by atoms with Crippen LogP contribution < -0.4 is 10.5 Å². The van der Waals surface area contributed by atoms with Crippen LogP contribution in [-0.2, 0) is 13.0 Å². The van der Waals surface area contributed by atoms with Crippen molar-refractivity contribution in [2.75, 3.05) is 5.73 Å². The highest BCUT2D eigenvalue weighted by molar-refractivity contribution is 6.30. The molecule has 2 rings (SSSR count). The molecule has 0 atom stereocenters. The first kappa shape index (κ1) is 14.6. The number of nitrogen functional groups attached to an aromatic ring is 1. The van der Waals surface area contributed by atoms with E-state index in [-0.39, 0.29) is 0 Å². The molecule has 0 saturated carbocycles. The molecule has 106 valence electrons. The summed E-state index contributed by atoms with van der Waals surface area (Å²) in [5, 5.41) is 0.691. The maximum Gasteiger partial charge on any atom is 0.222 e. The van der Waals surface area contributed by atoms with Crippen LogP contribution >= 0.6 is 11.6 Å². The number of nitrogens with two attached hydrogens (primary N) is 1. The molecule has 2 N–H and O–H groups in total. The summed E-state index contributed by atoms with van der Waals surface area (Å²) >= 11 is 5.95. The summed E-state index contributed by atoms with van der Waals surface area (Å²) in [5.74, 6) is 1.74. The van der Waals surface area contributed by atoms with Crippen LogP contribution in [0.2, 0.25) is 5.02 Å². The fraction of sp³-hybridized carbons (Fsp3) is 0.333. The van der Waals surface area contributed by atoms with Gasteiger partial charge in [-0.25, -0.2) is 4.98 Å². The van der Waals surface area contributed by atoms with Gasteiger partial charge in [0.05, 0.1) is 5.56 Å². The standard InChI is InChI=1S/C15H18ClN3O/c1-3-5-13-18-14(17)10(2)15(19-13)20-9-11-6-4-7-12(16)8-11/h4,6-8H,3,5,9H2,1-2H3,(H2,17,18,19). The van der Waals surface area contributed by atoms with Crippen molar-refractivity contribution in [1.29, 1.82) is 0 Å². The Morgan fingerprint density at radius 2 is 2.10 bits per heavy atom. The van der Waals surface area contributed by atoms with Crippen molar-refractivity contribution >= 4 is 17.4 Å². The smallest absolute Gasteiger partial charge is 0.222 e. The summed E-state index contributed by atoms with van der Waals surface area (Å²) < 4.78 is 5.76. The molecular weight excluding hydrogens is 274 g/mol. The molecule has 0 unspecified atom stereocenters. The Labute approximate surface area is 124 Å². The van der Waals surface area contributed by atoms with Crippen molar-refractivity contribution in [3.8, 4) is 5.88 Å². The summed E-state index contributed by atoms with van der Waals surface area (Å²) in [6.45, 7) is 4.34. The number of hydrogen-bond donors (Lipinski definition) is 1. The third kappa shape index (κ3) is 3.61. The van der Waals surface area contributed by atoms with E-state index in [2.05, 4.69) is 16.9 Å². The van der Waals surface area contributed by atoms with Gasteiger partial charge in [-0.15, -0.1) is 0 Å². The Balaban J connectivity index is 2.16. The summed E-state index contributed by atoms with van der Waals surface area (Å²) in [4.78, 5) is 8.67. The van der Waals surface area contributed by atoms with E-state index in [1.165, 1.54) is 0 Å². The number of aryl methyl sites for hydroxylation is 1. The van der Waals surface area contributed by atoms with Gasteiger partial charge in [0, 0.05) is 11.4 Å². The van der Waals surface area contributed by atoms with E-state index < -0.39 is 0 Å². The van der Waals surface area contributed by atoms with Crippen LogP contribution in [0.15, 0.2) is 24.3 Å². The zero-order valence-electron chi connectivity index (χ0n) is 11.7. The maximum absolute atomic E-state index is 5.95. The topological polar surface area (TPSA) is 61.0 Å². The van der Waals surface area contributed by atoms with E-state index in [1.807, 2.05) is 31.2 Å². The minimum Gasteiger partial charge on any atom is -0.472 e. The average molecular weight is 292 g/mol. The minimum absolute atomic E-state index is 0.406. The van der Waals surface area contributed by atoms with Gasteiger partial charge >= 0.3 is 0 Å². The molecule has 1 aromatic carbocycles. The van der Waals surface area contributed by atoms with Crippen LogP contribution in [0.25, 0.3) is 0 Å². The first-order valence-electron chi connectivity index (χ1n) is 6.60. The summed E-state index contributed by atoms with van der Waals surface area (Å²) in [7, 11) is 0. The van der Waals surface area contributed by atoms with E-state index in [4.69, 9.17) is 22.1 Å². The second kappa shape index (κ2) is 6.57. The van der Waals surface area contributed by atoms with Crippen LogP contribution in [0.4, 0.5) is 5.82 Å². The molecule has 0 radical (unpaired) electrons. The van der Waals surface area contributed by atoms with Gasteiger partial charge in [-0.2, -0.15) is 4.98 Å². The second-order valence-corrected chi connectivity index (χ2v) is 5.06. The number of nitrogens with zero attached hydrogens (tertiary/aromatic N) is 2. The second-order valence-electron chi connectivity index (χ2n) is 4.62. The molecule has 0 bridgehead atoms. The molecule has 0 amide bonds. The molecule has 0 spiro atoms. The highest BCUT2D eigenvalue weighted by Gasteiger charge is 2.10. The van der Waals surface area contributed by atoms with Crippen LogP contribution in [0.5, 0.6) is 5.88 Å². The molecule has 2 aromatic rings. The van der Waals surface area contributed by atoms with Crippen LogP contribution in [0.3, 0.4) is 0 Å². The van der Waals surface area contributed by atoms with Crippen molar-refractivity contribution < 1.29 is 4.74 Å². The molecule has 0 aliphatic rings. The number of ether oxygens (including phenoxy) is 1. The Morgan fingerprint density at radius 3 is 2.80 bits per heavy atom. The largest absolute Gasteiger partial charge is 0.472 e.